The van der Waals surface area contributed by atoms with E-state index in [1.165, 1.54) is 11.1 Å². The monoisotopic (exact) mass is 270 g/mol. The van der Waals surface area contributed by atoms with Crippen molar-refractivity contribution in [2.75, 3.05) is 7.11 Å². The number of carbonyl (C=O) groups is 1. The van der Waals surface area contributed by atoms with Crippen LogP contribution in [-0.2, 0) is 6.61 Å². The van der Waals surface area contributed by atoms with Gasteiger partial charge in [0, 0.05) is 5.56 Å². The zero-order chi connectivity index (χ0) is 14.5. The number of hydrogen-bond donors (Lipinski definition) is 0. The van der Waals surface area contributed by atoms with Crippen LogP contribution in [0.25, 0.3) is 0 Å². The predicted octanol–water partition coefficient (Wildman–Crippen LogP) is 3.70. The van der Waals surface area contributed by atoms with Gasteiger partial charge in [0.25, 0.3) is 0 Å². The summed E-state index contributed by atoms with van der Waals surface area (Å²) in [7, 11) is 1.59. The Bertz CT molecular complexity index is 597. The second-order valence-corrected chi connectivity index (χ2v) is 4.69. The summed E-state index contributed by atoms with van der Waals surface area (Å²) in [6, 6.07) is 11.3. The quantitative estimate of drug-likeness (QED) is 0.777. The maximum absolute atomic E-state index is 10.8. The summed E-state index contributed by atoms with van der Waals surface area (Å²) >= 11 is 0. The van der Waals surface area contributed by atoms with Gasteiger partial charge in [0.2, 0.25) is 0 Å². The summed E-state index contributed by atoms with van der Waals surface area (Å²) in [6.07, 6.45) is 0.797. The van der Waals surface area contributed by atoms with Crippen LogP contribution < -0.4 is 9.47 Å². The van der Waals surface area contributed by atoms with Crippen molar-refractivity contribution in [2.24, 2.45) is 0 Å². The summed E-state index contributed by atoms with van der Waals surface area (Å²) < 4.78 is 11.1. The Kier molecular flexibility index (Phi) is 4.41. The number of hydrogen-bond acceptors (Lipinski definition) is 3. The van der Waals surface area contributed by atoms with Gasteiger partial charge in [-0.25, -0.2) is 0 Å². The van der Waals surface area contributed by atoms with E-state index in [0.717, 1.165) is 11.8 Å². The first-order chi connectivity index (χ1) is 9.65. The number of carbonyl (C=O) groups excluding carboxylic acids is 1. The highest BCUT2D eigenvalue weighted by Gasteiger charge is 2.08. The van der Waals surface area contributed by atoms with Gasteiger partial charge in [-0.1, -0.05) is 18.2 Å². The first-order valence-electron chi connectivity index (χ1n) is 6.47. The van der Waals surface area contributed by atoms with Crippen molar-refractivity contribution in [1.29, 1.82) is 0 Å². The predicted molar refractivity (Wildman–Crippen MR) is 78.6 cm³/mol. The molecule has 0 fully saturated rings. The SMILES string of the molecule is COc1ccc(C=O)cc1OCc1c(C)cccc1C. The zero-order valence-electron chi connectivity index (χ0n) is 12.0. The van der Waals surface area contributed by atoms with E-state index in [1.807, 2.05) is 6.07 Å². The molecular weight excluding hydrogens is 252 g/mol. The summed E-state index contributed by atoms with van der Waals surface area (Å²) in [6.45, 7) is 4.58. The van der Waals surface area contributed by atoms with Crippen molar-refractivity contribution in [2.45, 2.75) is 20.5 Å². The van der Waals surface area contributed by atoms with Gasteiger partial charge in [-0.15, -0.1) is 0 Å². The van der Waals surface area contributed by atoms with Crippen molar-refractivity contribution in [3.8, 4) is 11.5 Å². The fourth-order valence-corrected chi connectivity index (χ4v) is 2.11. The lowest BCUT2D eigenvalue weighted by Gasteiger charge is -2.14. The number of methoxy groups -OCH3 is 1. The Morgan fingerprint density at radius 3 is 2.35 bits per heavy atom. The van der Waals surface area contributed by atoms with Crippen LogP contribution in [0.5, 0.6) is 11.5 Å². The molecule has 0 saturated heterocycles. The lowest BCUT2D eigenvalue weighted by Crippen LogP contribution is -2.02. The molecule has 0 aliphatic rings. The molecule has 2 aromatic rings. The molecule has 0 bridgehead atoms. The molecule has 104 valence electrons. The molecule has 3 heteroatoms. The largest absolute Gasteiger partial charge is 0.493 e. The maximum Gasteiger partial charge on any atom is 0.162 e. The highest BCUT2D eigenvalue weighted by atomic mass is 16.5. The van der Waals surface area contributed by atoms with Crippen molar-refractivity contribution in [3.63, 3.8) is 0 Å². The number of ether oxygens (including phenoxy) is 2. The molecule has 0 atom stereocenters. The van der Waals surface area contributed by atoms with Gasteiger partial charge >= 0.3 is 0 Å². The van der Waals surface area contributed by atoms with Gasteiger partial charge < -0.3 is 9.47 Å². The lowest BCUT2D eigenvalue weighted by atomic mass is 10.0. The van der Waals surface area contributed by atoms with Gasteiger partial charge in [-0.05, 0) is 48.7 Å². The third kappa shape index (κ3) is 2.99. The second kappa shape index (κ2) is 6.24. The van der Waals surface area contributed by atoms with Crippen LogP contribution in [0.15, 0.2) is 36.4 Å². The molecule has 0 heterocycles. The van der Waals surface area contributed by atoms with Crippen LogP contribution in [0.1, 0.15) is 27.0 Å². The molecule has 3 nitrogen and oxygen atoms in total. The lowest BCUT2D eigenvalue weighted by molar-refractivity contribution is 0.112. The van der Waals surface area contributed by atoms with Gasteiger partial charge in [0.1, 0.15) is 12.9 Å². The van der Waals surface area contributed by atoms with E-state index in [1.54, 1.807) is 25.3 Å². The summed E-state index contributed by atoms with van der Waals surface area (Å²) in [5.41, 5.74) is 4.11. The highest BCUT2D eigenvalue weighted by molar-refractivity contribution is 5.76. The molecule has 0 spiro atoms. The van der Waals surface area contributed by atoms with Gasteiger partial charge in [0.05, 0.1) is 7.11 Å². The van der Waals surface area contributed by atoms with E-state index in [2.05, 4.69) is 26.0 Å². The van der Waals surface area contributed by atoms with Gasteiger partial charge in [-0.3, -0.25) is 4.79 Å². The molecule has 0 aliphatic heterocycles. The normalized spacial score (nSPS) is 10.2. The van der Waals surface area contributed by atoms with Crippen LogP contribution in [0, 0.1) is 13.8 Å². The minimum Gasteiger partial charge on any atom is -0.493 e. The topological polar surface area (TPSA) is 35.5 Å². The molecule has 0 N–H and O–H groups in total. The van der Waals surface area contributed by atoms with Crippen molar-refractivity contribution in [1.82, 2.24) is 0 Å². The maximum atomic E-state index is 10.8. The third-order valence-corrected chi connectivity index (χ3v) is 3.34. The molecule has 0 radical (unpaired) electrons. The Morgan fingerprint density at radius 2 is 1.75 bits per heavy atom. The van der Waals surface area contributed by atoms with Gasteiger partial charge in [-0.2, -0.15) is 0 Å². The van der Waals surface area contributed by atoms with Crippen LogP contribution in [-0.4, -0.2) is 13.4 Å². The van der Waals surface area contributed by atoms with Crippen molar-refractivity contribution in [3.05, 3.63) is 58.7 Å². The number of benzene rings is 2. The van der Waals surface area contributed by atoms with E-state index in [9.17, 15) is 4.79 Å². The van der Waals surface area contributed by atoms with E-state index >= 15 is 0 Å². The Balaban J connectivity index is 2.24. The third-order valence-electron chi connectivity index (χ3n) is 3.34. The van der Waals surface area contributed by atoms with E-state index < -0.39 is 0 Å². The molecule has 0 saturated carbocycles. The summed E-state index contributed by atoms with van der Waals surface area (Å²) in [5, 5.41) is 0. The Hall–Kier alpha value is -2.29. The van der Waals surface area contributed by atoms with Crippen molar-refractivity contribution < 1.29 is 14.3 Å². The van der Waals surface area contributed by atoms with E-state index in [4.69, 9.17) is 9.47 Å². The van der Waals surface area contributed by atoms with Gasteiger partial charge in [0.15, 0.2) is 11.5 Å². The Labute approximate surface area is 119 Å². The molecule has 0 aliphatic carbocycles. The number of aryl methyl sites for hydroxylation is 2. The van der Waals surface area contributed by atoms with Crippen LogP contribution >= 0.6 is 0 Å². The molecule has 2 aromatic carbocycles. The zero-order valence-corrected chi connectivity index (χ0v) is 12.0. The fourth-order valence-electron chi connectivity index (χ4n) is 2.11. The van der Waals surface area contributed by atoms with Crippen LogP contribution in [0.3, 0.4) is 0 Å². The summed E-state index contributed by atoms with van der Waals surface area (Å²) in [5.74, 6) is 1.21. The standard InChI is InChI=1S/C17H18O3/c1-12-5-4-6-13(2)15(12)11-20-17-9-14(10-18)7-8-16(17)19-3/h4-10H,11H2,1-3H3. The minimum absolute atomic E-state index is 0.456. The van der Waals surface area contributed by atoms with E-state index in [-0.39, 0.29) is 0 Å². The van der Waals surface area contributed by atoms with E-state index in [0.29, 0.717) is 23.7 Å². The minimum atomic E-state index is 0.456. The van der Waals surface area contributed by atoms with Crippen molar-refractivity contribution >= 4 is 6.29 Å². The molecule has 2 rings (SSSR count). The molecular formula is C17H18O3. The molecule has 0 aromatic heterocycles. The molecule has 20 heavy (non-hydrogen) atoms. The fraction of sp³-hybridized carbons (Fsp3) is 0.235. The number of aldehydes is 1. The second-order valence-electron chi connectivity index (χ2n) is 4.69. The average molecular weight is 270 g/mol. The Morgan fingerprint density at radius 1 is 1.05 bits per heavy atom. The first kappa shape index (κ1) is 14.1. The number of rotatable bonds is 5. The summed E-state index contributed by atoms with van der Waals surface area (Å²) in [4.78, 5) is 10.8. The van der Waals surface area contributed by atoms with Crippen LogP contribution in [0.2, 0.25) is 0 Å². The highest BCUT2D eigenvalue weighted by Crippen LogP contribution is 2.29. The van der Waals surface area contributed by atoms with Crippen LogP contribution in [0.4, 0.5) is 0 Å². The first-order valence-corrected chi connectivity index (χ1v) is 6.47. The average Bonchev–Trinajstić information content (AvgIpc) is 2.46. The smallest absolute Gasteiger partial charge is 0.162 e. The molecule has 0 unspecified atom stereocenters. The molecule has 0 amide bonds.